The zero-order chi connectivity index (χ0) is 18.2. The molecule has 2 aliphatic rings. The summed E-state index contributed by atoms with van der Waals surface area (Å²) in [5, 5.41) is 4.50. The average Bonchev–Trinajstić information content (AvgIpc) is 2.87. The van der Waals surface area contributed by atoms with Crippen molar-refractivity contribution in [2.45, 2.75) is 58.6 Å². The molecule has 1 N–H and O–H groups in total. The van der Waals surface area contributed by atoms with Crippen molar-refractivity contribution in [2.75, 3.05) is 7.05 Å². The van der Waals surface area contributed by atoms with Crippen molar-refractivity contribution >= 4 is 11.8 Å². The Labute approximate surface area is 149 Å². The third-order valence-corrected chi connectivity index (χ3v) is 5.47. The molecule has 1 aromatic carbocycles. The normalized spacial score (nSPS) is 29.9. The number of hydroxylamine groups is 2. The first kappa shape index (κ1) is 18.1. The fourth-order valence-corrected chi connectivity index (χ4v) is 4.14. The first-order chi connectivity index (χ1) is 11.8. The highest BCUT2D eigenvalue weighted by molar-refractivity contribution is 6.00. The van der Waals surface area contributed by atoms with Gasteiger partial charge in [-0.1, -0.05) is 63.9 Å². The second-order valence-electron chi connectivity index (χ2n) is 8.27. The molecule has 1 aliphatic heterocycles. The maximum atomic E-state index is 13.3. The van der Waals surface area contributed by atoms with Crippen LogP contribution in [0.2, 0.25) is 0 Å². The van der Waals surface area contributed by atoms with Gasteiger partial charge in [0.1, 0.15) is 0 Å². The minimum absolute atomic E-state index is 0.188. The molecule has 1 aromatic rings. The summed E-state index contributed by atoms with van der Waals surface area (Å²) in [6.07, 6.45) is 3.38. The van der Waals surface area contributed by atoms with Gasteiger partial charge in [0.15, 0.2) is 0 Å². The molecule has 25 heavy (non-hydrogen) atoms. The largest absolute Gasteiger partial charge is 0.295 e. The predicted molar refractivity (Wildman–Crippen MR) is 95.3 cm³/mol. The smallest absolute Gasteiger partial charge is 0.237 e. The molecule has 1 aliphatic carbocycles. The molecule has 1 heterocycles. The lowest BCUT2D eigenvalue weighted by Crippen LogP contribution is -2.54. The number of hydrogen-bond acceptors (Lipinski definition) is 4. The van der Waals surface area contributed by atoms with E-state index in [2.05, 4.69) is 5.32 Å². The summed E-state index contributed by atoms with van der Waals surface area (Å²) in [6, 6.07) is 9.79. The Morgan fingerprint density at radius 3 is 2.52 bits per heavy atom. The summed E-state index contributed by atoms with van der Waals surface area (Å²) in [5.41, 5.74) is -0.285. The molecule has 0 radical (unpaired) electrons. The van der Waals surface area contributed by atoms with Crippen LogP contribution in [0.15, 0.2) is 30.3 Å². The summed E-state index contributed by atoms with van der Waals surface area (Å²) < 4.78 is 0. The summed E-state index contributed by atoms with van der Waals surface area (Å²) in [7, 11) is 1.89. The van der Waals surface area contributed by atoms with E-state index in [0.29, 0.717) is 0 Å². The van der Waals surface area contributed by atoms with Gasteiger partial charge in [0.2, 0.25) is 11.8 Å². The third-order valence-electron chi connectivity index (χ3n) is 5.47. The van der Waals surface area contributed by atoms with E-state index in [1.165, 1.54) is 0 Å². The molecule has 136 valence electrons. The van der Waals surface area contributed by atoms with Crippen LogP contribution >= 0.6 is 0 Å². The van der Waals surface area contributed by atoms with Crippen molar-refractivity contribution in [3.05, 3.63) is 35.9 Å². The lowest BCUT2D eigenvalue weighted by atomic mass is 9.65. The Bertz CT molecular complexity index is 653. The van der Waals surface area contributed by atoms with Crippen molar-refractivity contribution in [3.63, 3.8) is 0 Å². The lowest BCUT2D eigenvalue weighted by Gasteiger charge is -2.40. The van der Waals surface area contributed by atoms with E-state index in [0.717, 1.165) is 31.2 Å². The van der Waals surface area contributed by atoms with Gasteiger partial charge in [0.05, 0.1) is 17.6 Å². The Kier molecular flexibility index (Phi) is 4.73. The zero-order valence-corrected chi connectivity index (χ0v) is 15.5. The Hall–Kier alpha value is -1.72. The van der Waals surface area contributed by atoms with Crippen molar-refractivity contribution < 1.29 is 14.4 Å². The van der Waals surface area contributed by atoms with Crippen LogP contribution in [0.3, 0.4) is 0 Å². The van der Waals surface area contributed by atoms with Crippen molar-refractivity contribution in [3.8, 4) is 0 Å². The van der Waals surface area contributed by atoms with Crippen LogP contribution in [0.4, 0.5) is 0 Å². The molecule has 3 rings (SSSR count). The van der Waals surface area contributed by atoms with Crippen molar-refractivity contribution in [1.82, 2.24) is 10.4 Å². The molecular formula is C20H28N2O3. The van der Waals surface area contributed by atoms with Crippen molar-refractivity contribution in [1.29, 1.82) is 0 Å². The van der Waals surface area contributed by atoms with Gasteiger partial charge < -0.3 is 0 Å². The van der Waals surface area contributed by atoms with Gasteiger partial charge in [-0.25, -0.2) is 0 Å². The molecule has 2 amide bonds. The fourth-order valence-electron chi connectivity index (χ4n) is 4.14. The number of fused-ring (bicyclic) bond motifs is 1. The van der Waals surface area contributed by atoms with Gasteiger partial charge in [0.25, 0.3) is 0 Å². The van der Waals surface area contributed by atoms with E-state index in [1.54, 1.807) is 0 Å². The number of imide groups is 1. The second kappa shape index (κ2) is 6.54. The number of amides is 2. The maximum absolute atomic E-state index is 13.3. The van der Waals surface area contributed by atoms with E-state index in [4.69, 9.17) is 4.84 Å². The highest BCUT2D eigenvalue weighted by Crippen LogP contribution is 2.55. The van der Waals surface area contributed by atoms with Crippen LogP contribution < -0.4 is 5.32 Å². The number of rotatable bonds is 2. The highest BCUT2D eigenvalue weighted by Gasteiger charge is 2.61. The predicted octanol–water partition coefficient (Wildman–Crippen LogP) is 3.22. The Morgan fingerprint density at radius 1 is 1.20 bits per heavy atom. The average molecular weight is 344 g/mol. The van der Waals surface area contributed by atoms with Gasteiger partial charge in [0, 0.05) is 12.5 Å². The first-order valence-electron chi connectivity index (χ1n) is 9.07. The van der Waals surface area contributed by atoms with Crippen LogP contribution in [0, 0.1) is 10.8 Å². The molecule has 0 aromatic heterocycles. The molecular weight excluding hydrogens is 316 g/mol. The van der Waals surface area contributed by atoms with E-state index in [-0.39, 0.29) is 24.0 Å². The van der Waals surface area contributed by atoms with E-state index < -0.39 is 10.8 Å². The second-order valence-corrected chi connectivity index (χ2v) is 8.27. The zero-order valence-electron chi connectivity index (χ0n) is 15.5. The monoisotopic (exact) mass is 344 g/mol. The number of carbonyl (C=O) groups excluding carboxylic acids is 2. The number of nitrogens with zero attached hydrogens (tertiary/aromatic N) is 1. The topological polar surface area (TPSA) is 58.6 Å². The Morgan fingerprint density at radius 2 is 1.88 bits per heavy atom. The summed E-state index contributed by atoms with van der Waals surface area (Å²) in [4.78, 5) is 31.9. The first-order valence-corrected chi connectivity index (χ1v) is 9.07. The van der Waals surface area contributed by atoms with Gasteiger partial charge in [-0.3, -0.25) is 19.7 Å². The van der Waals surface area contributed by atoms with E-state index in [1.807, 2.05) is 63.2 Å². The molecule has 0 unspecified atom stereocenters. The quantitative estimate of drug-likeness (QED) is 0.895. The lowest BCUT2D eigenvalue weighted by molar-refractivity contribution is -0.154. The minimum atomic E-state index is -0.727. The van der Waals surface area contributed by atoms with Crippen LogP contribution in [0.25, 0.3) is 0 Å². The molecule has 5 heteroatoms. The number of hydrogen-bond donors (Lipinski definition) is 1. The number of carbonyl (C=O) groups is 2. The van der Waals surface area contributed by atoms with E-state index >= 15 is 0 Å². The summed E-state index contributed by atoms with van der Waals surface area (Å²) in [6.45, 7) is 5.45. The van der Waals surface area contributed by atoms with Crippen LogP contribution in [-0.2, 0) is 14.4 Å². The highest BCUT2D eigenvalue weighted by atomic mass is 16.7. The molecule has 2 fully saturated rings. The van der Waals surface area contributed by atoms with E-state index in [9.17, 15) is 9.59 Å². The standard InChI is InChI=1S/C20H28N2O3/c1-19(2,3)17(23)21-18(24)20-13-9-8-12-15(20)25-22(4)16(20)14-10-6-5-7-11-14/h5-7,10-11,15-16H,8-9,12-13H2,1-4H3,(H,21,23,24)/t15-,16-,20-/m0/s1. The minimum Gasteiger partial charge on any atom is -0.295 e. The van der Waals surface area contributed by atoms with Gasteiger partial charge >= 0.3 is 0 Å². The summed E-state index contributed by atoms with van der Waals surface area (Å²) >= 11 is 0. The third kappa shape index (κ3) is 3.11. The number of benzene rings is 1. The van der Waals surface area contributed by atoms with Gasteiger partial charge in [-0.15, -0.1) is 0 Å². The Balaban J connectivity index is 1.99. The van der Waals surface area contributed by atoms with Crippen LogP contribution in [0.5, 0.6) is 0 Å². The molecule has 0 spiro atoms. The SMILES string of the molecule is CN1O[C@H]2CCCC[C@@]2(C(=O)NC(=O)C(C)(C)C)[C@@H]1c1ccccc1. The van der Waals surface area contributed by atoms with Crippen molar-refractivity contribution in [2.24, 2.45) is 10.8 Å². The number of nitrogens with one attached hydrogen (secondary N) is 1. The molecule has 1 saturated carbocycles. The summed E-state index contributed by atoms with van der Waals surface area (Å²) in [5.74, 6) is -0.437. The molecule has 5 nitrogen and oxygen atoms in total. The van der Waals surface area contributed by atoms with Crippen LogP contribution in [-0.4, -0.2) is 30.0 Å². The molecule has 3 atom stereocenters. The van der Waals surface area contributed by atoms with Gasteiger partial charge in [-0.05, 0) is 18.4 Å². The molecule has 0 bridgehead atoms. The maximum Gasteiger partial charge on any atom is 0.237 e. The van der Waals surface area contributed by atoms with Gasteiger partial charge in [-0.2, -0.15) is 5.06 Å². The molecule has 1 saturated heterocycles. The fraction of sp³-hybridized carbons (Fsp3) is 0.600. The van der Waals surface area contributed by atoms with Crippen LogP contribution in [0.1, 0.15) is 58.1 Å².